The molecule has 0 radical (unpaired) electrons. The van der Waals surface area contributed by atoms with Crippen molar-refractivity contribution in [3.05, 3.63) is 59.2 Å². The van der Waals surface area contributed by atoms with Crippen molar-refractivity contribution in [1.82, 2.24) is 0 Å². The van der Waals surface area contributed by atoms with Crippen LogP contribution in [0.4, 0.5) is 13.2 Å². The number of rotatable bonds is 11. The maximum absolute atomic E-state index is 13.4. The molecule has 42 heavy (non-hydrogen) atoms. The fraction of sp³-hybridized carbons (Fsp3) is 0.629. The number of unbranched alkanes of at least 4 members (excludes halogenated alkanes) is 3. The molecule has 0 amide bonds. The molecule has 1 saturated carbocycles. The molecular formula is C35H46F3NO3. The van der Waals surface area contributed by atoms with Crippen molar-refractivity contribution >= 4 is 17.5 Å². The van der Waals surface area contributed by atoms with Crippen LogP contribution in [-0.2, 0) is 20.7 Å². The molecule has 4 nitrogen and oxygen atoms in total. The van der Waals surface area contributed by atoms with E-state index in [4.69, 9.17) is 4.74 Å². The third-order valence-corrected chi connectivity index (χ3v) is 9.50. The predicted molar refractivity (Wildman–Crippen MR) is 160 cm³/mol. The van der Waals surface area contributed by atoms with Gasteiger partial charge in [-0.05, 0) is 81.8 Å². The molecule has 230 valence electrons. The van der Waals surface area contributed by atoms with Crippen LogP contribution < -0.4 is 0 Å². The largest absolute Gasteiger partial charge is 0.451 e. The van der Waals surface area contributed by atoms with Crippen molar-refractivity contribution in [2.75, 3.05) is 6.54 Å². The van der Waals surface area contributed by atoms with Gasteiger partial charge in [0.15, 0.2) is 5.78 Å². The minimum absolute atomic E-state index is 0.0266. The van der Waals surface area contributed by atoms with E-state index in [0.717, 1.165) is 51.4 Å². The van der Waals surface area contributed by atoms with Gasteiger partial charge in [0.1, 0.15) is 5.60 Å². The molecule has 1 fully saturated rings. The van der Waals surface area contributed by atoms with E-state index in [1.54, 1.807) is 19.1 Å². The number of ether oxygens (including phenoxy) is 1. The summed E-state index contributed by atoms with van der Waals surface area (Å²) in [5.41, 5.74) is 2.20. The Balaban J connectivity index is 1.22. The van der Waals surface area contributed by atoms with Crippen LogP contribution in [0.2, 0.25) is 0 Å². The third-order valence-electron chi connectivity index (χ3n) is 9.50. The number of halogens is 3. The number of aliphatic imine (C=N–C) groups is 1. The molecule has 1 aliphatic heterocycles. The molecule has 2 aliphatic carbocycles. The van der Waals surface area contributed by atoms with Gasteiger partial charge >= 0.3 is 12.1 Å². The topological polar surface area (TPSA) is 55.7 Å². The molecule has 2 atom stereocenters. The second kappa shape index (κ2) is 14.7. The van der Waals surface area contributed by atoms with Gasteiger partial charge in [-0.15, -0.1) is 0 Å². The molecule has 1 spiro atoms. The first-order chi connectivity index (χ1) is 20.1. The SMILES string of the molecule is CC1=C(C(=O)CCCCCCN=C2C=CCC(C(F)(F)F)C2)C2(CCCC(C(C)Cc3ccccc3)CCC2)OC1=O. The number of hydrogen-bond acceptors (Lipinski definition) is 4. The van der Waals surface area contributed by atoms with E-state index in [-0.39, 0.29) is 24.6 Å². The van der Waals surface area contributed by atoms with Gasteiger partial charge in [0.2, 0.25) is 0 Å². The Morgan fingerprint density at radius 3 is 2.45 bits per heavy atom. The van der Waals surface area contributed by atoms with Gasteiger partial charge < -0.3 is 4.74 Å². The molecule has 1 aromatic carbocycles. The summed E-state index contributed by atoms with van der Waals surface area (Å²) in [7, 11) is 0. The minimum Gasteiger partial charge on any atom is -0.451 e. The zero-order valence-corrected chi connectivity index (χ0v) is 25.2. The lowest BCUT2D eigenvalue weighted by Gasteiger charge is -2.35. The van der Waals surface area contributed by atoms with Crippen LogP contribution in [0, 0.1) is 17.8 Å². The molecule has 0 N–H and O–H groups in total. The van der Waals surface area contributed by atoms with E-state index >= 15 is 0 Å². The van der Waals surface area contributed by atoms with Crippen LogP contribution in [0.25, 0.3) is 0 Å². The average molecular weight is 586 g/mol. The summed E-state index contributed by atoms with van der Waals surface area (Å²) in [6, 6.07) is 10.6. The van der Waals surface area contributed by atoms with Crippen molar-refractivity contribution in [2.45, 2.75) is 116 Å². The average Bonchev–Trinajstić information content (AvgIpc) is 3.19. The van der Waals surface area contributed by atoms with Crippen LogP contribution in [-0.4, -0.2) is 35.8 Å². The van der Waals surface area contributed by atoms with Gasteiger partial charge in [-0.2, -0.15) is 13.2 Å². The Labute approximate surface area is 248 Å². The molecule has 4 rings (SSSR count). The highest BCUT2D eigenvalue weighted by atomic mass is 19.4. The summed E-state index contributed by atoms with van der Waals surface area (Å²) in [5, 5.41) is 0. The minimum atomic E-state index is -4.18. The number of ketones is 1. The smallest absolute Gasteiger partial charge is 0.392 e. The first-order valence-corrected chi connectivity index (χ1v) is 15.9. The van der Waals surface area contributed by atoms with Crippen LogP contribution in [0.15, 0.2) is 58.6 Å². The fourth-order valence-corrected chi connectivity index (χ4v) is 7.09. The summed E-state index contributed by atoms with van der Waals surface area (Å²) in [6.07, 6.45) is 9.13. The van der Waals surface area contributed by atoms with Crippen LogP contribution in [0.1, 0.15) is 103 Å². The Kier molecular flexibility index (Phi) is 11.2. The van der Waals surface area contributed by atoms with Crippen molar-refractivity contribution in [1.29, 1.82) is 0 Å². The van der Waals surface area contributed by atoms with Crippen molar-refractivity contribution in [3.63, 3.8) is 0 Å². The summed E-state index contributed by atoms with van der Waals surface area (Å²) < 4.78 is 44.9. The zero-order valence-electron chi connectivity index (χ0n) is 25.2. The first-order valence-electron chi connectivity index (χ1n) is 15.9. The molecular weight excluding hydrogens is 539 g/mol. The first kappa shape index (κ1) is 32.2. The molecule has 7 heteroatoms. The van der Waals surface area contributed by atoms with E-state index in [1.807, 2.05) is 6.07 Å². The number of esters is 1. The molecule has 0 aromatic heterocycles. The lowest BCUT2D eigenvalue weighted by Crippen LogP contribution is -2.37. The van der Waals surface area contributed by atoms with Crippen molar-refractivity contribution in [3.8, 4) is 0 Å². The van der Waals surface area contributed by atoms with Gasteiger partial charge in [-0.25, -0.2) is 4.79 Å². The van der Waals surface area contributed by atoms with Crippen molar-refractivity contribution in [2.24, 2.45) is 22.7 Å². The van der Waals surface area contributed by atoms with E-state index < -0.39 is 17.7 Å². The molecule has 2 unspecified atom stereocenters. The Hall–Kier alpha value is -2.70. The van der Waals surface area contributed by atoms with Gasteiger partial charge in [0.25, 0.3) is 0 Å². The molecule has 1 heterocycles. The summed E-state index contributed by atoms with van der Waals surface area (Å²) in [6.45, 7) is 4.57. The Morgan fingerprint density at radius 2 is 1.76 bits per heavy atom. The van der Waals surface area contributed by atoms with Gasteiger partial charge in [-0.3, -0.25) is 9.79 Å². The van der Waals surface area contributed by atoms with E-state index in [2.05, 4.69) is 36.2 Å². The van der Waals surface area contributed by atoms with E-state index in [1.165, 1.54) is 5.56 Å². The second-order valence-corrected chi connectivity index (χ2v) is 12.6. The Bertz CT molecular complexity index is 1160. The Morgan fingerprint density at radius 1 is 1.07 bits per heavy atom. The maximum atomic E-state index is 13.4. The van der Waals surface area contributed by atoms with E-state index in [0.29, 0.717) is 60.9 Å². The van der Waals surface area contributed by atoms with Crippen LogP contribution >= 0.6 is 0 Å². The van der Waals surface area contributed by atoms with Gasteiger partial charge in [-0.1, -0.05) is 69.0 Å². The highest BCUT2D eigenvalue weighted by Crippen LogP contribution is 2.45. The molecule has 3 aliphatic rings. The number of hydrogen-bond donors (Lipinski definition) is 0. The quantitative estimate of drug-likeness (QED) is 0.192. The fourth-order valence-electron chi connectivity index (χ4n) is 7.09. The highest BCUT2D eigenvalue weighted by molar-refractivity contribution is 6.08. The molecule has 1 aromatic rings. The monoisotopic (exact) mass is 585 g/mol. The lowest BCUT2D eigenvalue weighted by molar-refractivity contribution is -0.171. The maximum Gasteiger partial charge on any atom is 0.392 e. The lowest BCUT2D eigenvalue weighted by atomic mass is 9.73. The number of carbonyl (C=O) groups excluding carboxylic acids is 2. The second-order valence-electron chi connectivity index (χ2n) is 12.6. The number of allylic oxidation sites excluding steroid dienone is 2. The summed E-state index contributed by atoms with van der Waals surface area (Å²) in [4.78, 5) is 30.5. The summed E-state index contributed by atoms with van der Waals surface area (Å²) >= 11 is 0. The number of alkyl halides is 3. The van der Waals surface area contributed by atoms with Crippen LogP contribution in [0.3, 0.4) is 0 Å². The van der Waals surface area contributed by atoms with Crippen molar-refractivity contribution < 1.29 is 27.5 Å². The molecule has 0 saturated heterocycles. The normalized spacial score (nSPS) is 26.8. The summed E-state index contributed by atoms with van der Waals surface area (Å²) in [5.74, 6) is -0.458. The van der Waals surface area contributed by atoms with E-state index in [9.17, 15) is 22.8 Å². The number of carbonyl (C=O) groups is 2. The standard InChI is InChI=1S/C35H46F3NO3/c1-25(23-27-13-6-5-7-14-27)28-15-11-20-34(21-12-16-28)32(26(2)33(41)42-34)31(40)19-8-3-4-9-22-39-30-18-10-17-29(24-30)35(36,37)38/h5-7,10,13-14,18,25,28-29H,3-4,8-9,11-12,15-17,19-24H2,1-2H3. The van der Waals surface area contributed by atoms with Crippen LogP contribution in [0.5, 0.6) is 0 Å². The predicted octanol–water partition coefficient (Wildman–Crippen LogP) is 8.94. The number of Topliss-reactive ketones (excluding diaryl/α,β-unsaturated/α-hetero) is 1. The molecule has 0 bridgehead atoms. The van der Waals surface area contributed by atoms with Gasteiger partial charge in [0, 0.05) is 36.2 Å². The van der Waals surface area contributed by atoms with Gasteiger partial charge in [0.05, 0.1) is 5.92 Å². The zero-order chi connectivity index (χ0) is 30.2. The third kappa shape index (κ3) is 8.44. The number of benzene rings is 1. The number of nitrogens with zero attached hydrogens (tertiary/aromatic N) is 1. The highest BCUT2D eigenvalue weighted by Gasteiger charge is 2.48.